The third kappa shape index (κ3) is 6.53. The van der Waals surface area contributed by atoms with Crippen molar-refractivity contribution in [3.63, 3.8) is 0 Å². The van der Waals surface area contributed by atoms with Crippen LogP contribution in [-0.2, 0) is 16.0 Å². The molecule has 1 aliphatic rings. The van der Waals surface area contributed by atoms with Crippen molar-refractivity contribution in [3.8, 4) is 5.75 Å². The molecule has 0 saturated heterocycles. The summed E-state index contributed by atoms with van der Waals surface area (Å²) in [6.45, 7) is 4.60. The fourth-order valence-electron chi connectivity index (χ4n) is 4.17. The Bertz CT molecular complexity index is 1280. The molecule has 1 aliphatic heterocycles. The fraction of sp³-hybridized carbons (Fsp3) is 0.241. The Hall–Kier alpha value is -2.98. The molecule has 0 bridgehead atoms. The van der Waals surface area contributed by atoms with Crippen LogP contribution in [0.25, 0.3) is 0 Å². The second-order valence-corrected chi connectivity index (χ2v) is 10.5. The Kier molecular flexibility index (Phi) is 9.74. The Morgan fingerprint density at radius 1 is 1.11 bits per heavy atom. The van der Waals surface area contributed by atoms with Gasteiger partial charge in [-0.1, -0.05) is 68.3 Å². The first-order valence-electron chi connectivity index (χ1n) is 12.2. The van der Waals surface area contributed by atoms with Crippen molar-refractivity contribution in [2.45, 2.75) is 24.5 Å². The molecule has 38 heavy (non-hydrogen) atoms. The average molecular weight is 643 g/mol. The van der Waals surface area contributed by atoms with Gasteiger partial charge in [-0.05, 0) is 48.0 Å². The number of hydrogen-bond donors (Lipinski definition) is 3. The Morgan fingerprint density at radius 3 is 2.53 bits per heavy atom. The number of aliphatic imine (C=N–C) groups is 1. The normalized spacial score (nSPS) is 18.4. The average Bonchev–Trinajstić information content (AvgIpc) is 3.31. The van der Waals surface area contributed by atoms with Crippen molar-refractivity contribution in [3.05, 3.63) is 111 Å². The van der Waals surface area contributed by atoms with E-state index in [-0.39, 0.29) is 12.5 Å². The summed E-state index contributed by atoms with van der Waals surface area (Å²) in [6, 6.07) is 22.9. The summed E-state index contributed by atoms with van der Waals surface area (Å²) in [4.78, 5) is 18.9. The molecule has 0 aromatic heterocycles. The number of hydrazine groups is 1. The van der Waals surface area contributed by atoms with E-state index in [2.05, 4.69) is 49.3 Å². The van der Waals surface area contributed by atoms with Crippen LogP contribution in [0.1, 0.15) is 29.2 Å². The van der Waals surface area contributed by atoms with Crippen LogP contribution in [0.4, 0.5) is 0 Å². The van der Waals surface area contributed by atoms with E-state index >= 15 is 0 Å². The molecule has 0 aliphatic carbocycles. The molecule has 0 fully saturated rings. The fourth-order valence-corrected chi connectivity index (χ4v) is 4.93. The molecule has 0 spiro atoms. The maximum absolute atomic E-state index is 13.9. The first-order chi connectivity index (χ1) is 18.5. The predicted molar refractivity (Wildman–Crippen MR) is 155 cm³/mol. The quantitative estimate of drug-likeness (QED) is 0.142. The molecule has 7 nitrogen and oxygen atoms in total. The molecule has 0 saturated carbocycles. The first-order valence-corrected chi connectivity index (χ1v) is 13.8. The van der Waals surface area contributed by atoms with Gasteiger partial charge in [0.05, 0.1) is 6.61 Å². The van der Waals surface area contributed by atoms with Crippen molar-refractivity contribution < 1.29 is 19.4 Å². The Labute approximate surface area is 239 Å². The predicted octanol–water partition coefficient (Wildman–Crippen LogP) is 5.28. The van der Waals surface area contributed by atoms with Crippen molar-refractivity contribution in [1.29, 1.82) is 0 Å². The molecule has 4 rings (SSSR count). The lowest BCUT2D eigenvalue weighted by Crippen LogP contribution is -2.54. The highest BCUT2D eigenvalue weighted by atomic mass is 79.9. The number of carbonyl (C=O) groups excluding carboxylic acids is 1. The van der Waals surface area contributed by atoms with Gasteiger partial charge in [-0.2, -0.15) is 0 Å². The van der Waals surface area contributed by atoms with Crippen molar-refractivity contribution in [2.75, 3.05) is 19.8 Å². The summed E-state index contributed by atoms with van der Waals surface area (Å²) >= 11 is 7.14. The largest absolute Gasteiger partial charge is 0.494 e. The van der Waals surface area contributed by atoms with E-state index < -0.39 is 11.6 Å². The highest BCUT2D eigenvalue weighted by Crippen LogP contribution is 2.44. The molecular formula is C29H29Br2N3O4. The van der Waals surface area contributed by atoms with E-state index in [1.54, 1.807) is 6.08 Å². The molecule has 3 aromatic rings. The number of hydrogen-bond acceptors (Lipinski definition) is 6. The van der Waals surface area contributed by atoms with Crippen molar-refractivity contribution in [2.24, 2.45) is 4.99 Å². The molecule has 2 atom stereocenters. The van der Waals surface area contributed by atoms with E-state index in [1.165, 1.54) is 0 Å². The number of aliphatic hydroxyl groups excluding tert-OH is 1. The summed E-state index contributed by atoms with van der Waals surface area (Å²) in [6.07, 6.45) is 1.82. The van der Waals surface area contributed by atoms with Crippen molar-refractivity contribution >= 4 is 43.7 Å². The smallest absolute Gasteiger partial charge is 0.266 e. The lowest BCUT2D eigenvalue weighted by molar-refractivity contribution is -0.129. The van der Waals surface area contributed by atoms with Gasteiger partial charge >= 0.3 is 0 Å². The van der Waals surface area contributed by atoms with E-state index in [0.717, 1.165) is 25.6 Å². The molecular weight excluding hydrogens is 614 g/mol. The van der Waals surface area contributed by atoms with Crippen LogP contribution in [0.5, 0.6) is 5.75 Å². The number of amides is 1. The maximum atomic E-state index is 13.9. The minimum atomic E-state index is -1.31. The van der Waals surface area contributed by atoms with Crippen LogP contribution in [-0.4, -0.2) is 42.2 Å². The van der Waals surface area contributed by atoms with Gasteiger partial charge in [0.2, 0.25) is 5.90 Å². The van der Waals surface area contributed by atoms with Crippen LogP contribution in [0, 0.1) is 0 Å². The molecule has 0 radical (unpaired) electrons. The van der Waals surface area contributed by atoms with E-state index in [4.69, 9.17) is 19.6 Å². The van der Waals surface area contributed by atoms with E-state index in [9.17, 15) is 4.79 Å². The topological polar surface area (TPSA) is 92.2 Å². The summed E-state index contributed by atoms with van der Waals surface area (Å²) in [5, 5.41) is 8.99. The van der Waals surface area contributed by atoms with Gasteiger partial charge in [0.1, 0.15) is 5.75 Å². The number of benzene rings is 3. The Balaban J connectivity index is 1.77. The standard InChI is InChI=1S/C29H29Br2N3O4/c1-2-16-32-34-28(36)29(19-20-8-12-22(30)13-9-20)26(24-6-3-4-7-25(24)31)38-27(33-29)21-10-14-23(15-11-21)37-18-5-17-35/h2-4,6-15,26,32,35H,1,5,16-19H2,(H,34,36)/t26-,29-/m0/s1. The highest BCUT2D eigenvalue weighted by molar-refractivity contribution is 9.10. The molecule has 0 unspecified atom stereocenters. The zero-order chi connectivity index (χ0) is 27.0. The van der Waals surface area contributed by atoms with Crippen LogP contribution in [0.2, 0.25) is 0 Å². The number of halogens is 2. The van der Waals surface area contributed by atoms with E-state index in [0.29, 0.717) is 37.6 Å². The molecule has 1 heterocycles. The second-order valence-electron chi connectivity index (χ2n) is 8.74. The van der Waals surface area contributed by atoms with Gasteiger partial charge in [-0.15, -0.1) is 6.58 Å². The second kappa shape index (κ2) is 13.2. The molecule has 3 N–H and O–H groups in total. The summed E-state index contributed by atoms with van der Waals surface area (Å²) in [5.74, 6) is 0.723. The summed E-state index contributed by atoms with van der Waals surface area (Å²) in [7, 11) is 0. The summed E-state index contributed by atoms with van der Waals surface area (Å²) in [5.41, 5.74) is 6.89. The number of rotatable bonds is 12. The van der Waals surface area contributed by atoms with Gasteiger partial charge in [-0.25, -0.2) is 10.4 Å². The van der Waals surface area contributed by atoms with Gasteiger partial charge in [0.15, 0.2) is 11.6 Å². The number of nitrogens with zero attached hydrogens (tertiary/aromatic N) is 1. The lowest BCUT2D eigenvalue weighted by atomic mass is 9.82. The van der Waals surface area contributed by atoms with Crippen LogP contribution in [0.3, 0.4) is 0 Å². The summed E-state index contributed by atoms with van der Waals surface area (Å²) < 4.78 is 13.9. The molecule has 1 amide bonds. The zero-order valence-electron chi connectivity index (χ0n) is 20.7. The van der Waals surface area contributed by atoms with Crippen LogP contribution >= 0.6 is 31.9 Å². The monoisotopic (exact) mass is 641 g/mol. The molecule has 9 heteroatoms. The number of carbonyl (C=O) groups is 1. The van der Waals surface area contributed by atoms with Gasteiger partial charge in [0.25, 0.3) is 5.91 Å². The van der Waals surface area contributed by atoms with Gasteiger partial charge < -0.3 is 14.6 Å². The minimum absolute atomic E-state index is 0.0728. The zero-order valence-corrected chi connectivity index (χ0v) is 23.9. The number of nitrogens with one attached hydrogen (secondary N) is 2. The van der Waals surface area contributed by atoms with E-state index in [1.807, 2.05) is 72.8 Å². The SMILES string of the molecule is C=CCNNC(=O)[C@@]1(Cc2ccc(Br)cc2)N=C(c2ccc(OCCCO)cc2)O[C@H]1c1ccccc1Br. The third-order valence-electron chi connectivity index (χ3n) is 6.05. The van der Waals surface area contributed by atoms with Gasteiger partial charge in [-0.3, -0.25) is 10.2 Å². The van der Waals surface area contributed by atoms with Crippen LogP contribution < -0.4 is 15.6 Å². The van der Waals surface area contributed by atoms with Crippen LogP contribution in [0.15, 0.2) is 99.4 Å². The number of aliphatic hydroxyl groups is 1. The maximum Gasteiger partial charge on any atom is 0.266 e. The number of ether oxygens (including phenoxy) is 2. The van der Waals surface area contributed by atoms with Gasteiger partial charge in [0, 0.05) is 46.1 Å². The minimum Gasteiger partial charge on any atom is -0.494 e. The first kappa shape index (κ1) is 28.0. The Morgan fingerprint density at radius 2 is 1.84 bits per heavy atom. The van der Waals surface area contributed by atoms with Crippen molar-refractivity contribution in [1.82, 2.24) is 10.9 Å². The molecule has 198 valence electrons. The third-order valence-corrected chi connectivity index (χ3v) is 7.30. The molecule has 3 aromatic carbocycles. The highest BCUT2D eigenvalue weighted by Gasteiger charge is 2.53. The lowest BCUT2D eigenvalue weighted by Gasteiger charge is -2.31.